The van der Waals surface area contributed by atoms with Crippen molar-refractivity contribution in [3.05, 3.63) is 72.1 Å². The number of methoxy groups -OCH3 is 1. The number of aryl methyl sites for hydroxylation is 1. The first-order chi connectivity index (χ1) is 16.1. The highest BCUT2D eigenvalue weighted by molar-refractivity contribution is 7.99. The van der Waals surface area contributed by atoms with E-state index in [1.165, 1.54) is 11.8 Å². The molecule has 0 aliphatic carbocycles. The lowest BCUT2D eigenvalue weighted by atomic mass is 10.1. The molecule has 3 aromatic rings. The Bertz CT molecular complexity index is 1130. The first kappa shape index (κ1) is 22.9. The largest absolute Gasteiger partial charge is 0.496 e. The number of imidazole rings is 1. The fraction of sp³-hybridized carbons (Fsp3) is 0.320. The molecule has 1 aromatic heterocycles. The van der Waals surface area contributed by atoms with Crippen LogP contribution in [0.15, 0.2) is 66.1 Å². The van der Waals surface area contributed by atoms with E-state index >= 15 is 0 Å². The minimum Gasteiger partial charge on any atom is -0.496 e. The van der Waals surface area contributed by atoms with Crippen molar-refractivity contribution in [1.29, 1.82) is 0 Å². The number of benzene rings is 2. The monoisotopic (exact) mass is 464 g/mol. The maximum atomic E-state index is 13.0. The van der Waals surface area contributed by atoms with Crippen molar-refractivity contribution in [3.8, 4) is 11.4 Å². The van der Waals surface area contributed by atoms with Gasteiger partial charge in [0, 0.05) is 38.6 Å². The van der Waals surface area contributed by atoms with Crippen LogP contribution in [0, 0.1) is 6.92 Å². The summed E-state index contributed by atoms with van der Waals surface area (Å²) in [5.41, 5.74) is 2.76. The van der Waals surface area contributed by atoms with Crippen molar-refractivity contribution in [1.82, 2.24) is 19.4 Å². The number of ether oxygens (including phenoxy) is 1. The molecule has 0 unspecified atom stereocenters. The molecule has 0 atom stereocenters. The van der Waals surface area contributed by atoms with E-state index in [-0.39, 0.29) is 11.8 Å². The molecule has 2 amide bonds. The summed E-state index contributed by atoms with van der Waals surface area (Å²) >= 11 is 1.44. The highest BCUT2D eigenvalue weighted by atomic mass is 32.2. The molecular formula is C25H28N4O3S. The van der Waals surface area contributed by atoms with Gasteiger partial charge in [0.15, 0.2) is 5.16 Å². The summed E-state index contributed by atoms with van der Waals surface area (Å²) in [4.78, 5) is 34.1. The summed E-state index contributed by atoms with van der Waals surface area (Å²) < 4.78 is 7.36. The lowest BCUT2D eigenvalue weighted by Gasteiger charge is -2.23. The first-order valence-corrected chi connectivity index (χ1v) is 12.0. The van der Waals surface area contributed by atoms with Gasteiger partial charge in [0.05, 0.1) is 24.1 Å². The molecular weight excluding hydrogens is 436 g/mol. The zero-order chi connectivity index (χ0) is 23.2. The van der Waals surface area contributed by atoms with Crippen molar-refractivity contribution in [3.63, 3.8) is 0 Å². The van der Waals surface area contributed by atoms with Crippen molar-refractivity contribution in [2.75, 3.05) is 39.0 Å². The van der Waals surface area contributed by atoms with E-state index in [1.54, 1.807) is 25.4 Å². The van der Waals surface area contributed by atoms with Crippen molar-refractivity contribution in [2.45, 2.75) is 18.5 Å². The number of hydrogen-bond donors (Lipinski definition) is 0. The second-order valence-corrected chi connectivity index (χ2v) is 8.82. The molecule has 0 N–H and O–H groups in total. The molecule has 1 aliphatic heterocycles. The number of para-hydroxylation sites is 2. The number of carbonyl (C=O) groups excluding carboxylic acids is 2. The number of nitrogens with zero attached hydrogens (tertiary/aromatic N) is 4. The summed E-state index contributed by atoms with van der Waals surface area (Å²) in [6.07, 6.45) is 4.42. The van der Waals surface area contributed by atoms with E-state index in [4.69, 9.17) is 4.74 Å². The molecule has 0 spiro atoms. The van der Waals surface area contributed by atoms with Crippen molar-refractivity contribution in [2.24, 2.45) is 0 Å². The molecule has 0 bridgehead atoms. The first-order valence-electron chi connectivity index (χ1n) is 11.0. The van der Waals surface area contributed by atoms with Gasteiger partial charge >= 0.3 is 0 Å². The maximum absolute atomic E-state index is 13.0. The molecule has 1 saturated heterocycles. The Hall–Kier alpha value is -3.26. The number of thioether (sulfide) groups is 1. The van der Waals surface area contributed by atoms with Crippen LogP contribution in [0.2, 0.25) is 0 Å². The standard InChI is InChI=1S/C25H28N4O3S/c1-19-8-3-5-10-21(19)29-15-12-26-25(29)33-18-23(30)27-13-7-14-28(17-16-27)24(31)20-9-4-6-11-22(20)32-2/h3-6,8-12,15H,7,13-14,16-18H2,1-2H3. The Morgan fingerprint density at radius 2 is 1.73 bits per heavy atom. The summed E-state index contributed by atoms with van der Waals surface area (Å²) in [6, 6.07) is 15.4. The van der Waals surface area contributed by atoms with Gasteiger partial charge in [0.25, 0.3) is 5.91 Å². The van der Waals surface area contributed by atoms with Gasteiger partial charge in [0.1, 0.15) is 5.75 Å². The third kappa shape index (κ3) is 5.22. The van der Waals surface area contributed by atoms with Gasteiger partial charge < -0.3 is 14.5 Å². The summed E-state index contributed by atoms with van der Waals surface area (Å²) in [6.45, 7) is 4.34. The lowest BCUT2D eigenvalue weighted by Crippen LogP contribution is -2.38. The van der Waals surface area contributed by atoms with Crippen molar-refractivity contribution < 1.29 is 14.3 Å². The smallest absolute Gasteiger partial charge is 0.257 e. The zero-order valence-corrected chi connectivity index (χ0v) is 19.8. The van der Waals surface area contributed by atoms with Crippen molar-refractivity contribution >= 4 is 23.6 Å². The summed E-state index contributed by atoms with van der Waals surface area (Å²) in [7, 11) is 1.57. The van der Waals surface area contributed by atoms with E-state index in [9.17, 15) is 9.59 Å². The third-order valence-electron chi connectivity index (χ3n) is 5.78. The molecule has 4 rings (SSSR count). The minimum atomic E-state index is -0.0589. The normalized spacial score (nSPS) is 14.1. The molecule has 1 fully saturated rings. The Balaban J connectivity index is 1.36. The van der Waals surface area contributed by atoms with Crippen LogP contribution in [-0.4, -0.2) is 70.2 Å². The van der Waals surface area contributed by atoms with Gasteiger partial charge in [-0.15, -0.1) is 0 Å². The number of rotatable bonds is 6. The predicted molar refractivity (Wildman–Crippen MR) is 129 cm³/mol. The third-order valence-corrected chi connectivity index (χ3v) is 6.73. The molecule has 2 aromatic carbocycles. The molecule has 172 valence electrons. The Morgan fingerprint density at radius 3 is 2.55 bits per heavy atom. The Kier molecular flexibility index (Phi) is 7.34. The molecule has 0 saturated carbocycles. The molecule has 2 heterocycles. The van der Waals surface area contributed by atoms with Gasteiger partial charge in [-0.05, 0) is 37.1 Å². The molecule has 8 heteroatoms. The van der Waals surface area contributed by atoms with Gasteiger partial charge in [-0.25, -0.2) is 4.98 Å². The van der Waals surface area contributed by atoms with E-state index in [2.05, 4.69) is 18.0 Å². The molecule has 1 aliphatic rings. The zero-order valence-electron chi connectivity index (χ0n) is 18.9. The second kappa shape index (κ2) is 10.6. The van der Waals surface area contributed by atoms with E-state index < -0.39 is 0 Å². The van der Waals surface area contributed by atoms with Crippen LogP contribution < -0.4 is 4.74 Å². The Labute approximate surface area is 198 Å². The molecule has 0 radical (unpaired) electrons. The molecule has 7 nitrogen and oxygen atoms in total. The van der Waals surface area contributed by atoms with Gasteiger partial charge in [-0.3, -0.25) is 14.2 Å². The fourth-order valence-corrected chi connectivity index (χ4v) is 4.86. The average molecular weight is 465 g/mol. The number of aromatic nitrogens is 2. The van der Waals surface area contributed by atoms with E-state index in [0.717, 1.165) is 22.8 Å². The van der Waals surface area contributed by atoms with Crippen LogP contribution >= 0.6 is 11.8 Å². The van der Waals surface area contributed by atoms with Gasteiger partial charge in [0.2, 0.25) is 5.91 Å². The van der Waals surface area contributed by atoms with Crippen LogP contribution in [-0.2, 0) is 4.79 Å². The molecule has 33 heavy (non-hydrogen) atoms. The number of carbonyl (C=O) groups is 2. The van der Waals surface area contributed by atoms with Crippen LogP contribution in [0.4, 0.5) is 0 Å². The highest BCUT2D eigenvalue weighted by Crippen LogP contribution is 2.24. The average Bonchev–Trinajstić information content (AvgIpc) is 3.17. The number of amides is 2. The topological polar surface area (TPSA) is 67.7 Å². The van der Waals surface area contributed by atoms with E-state index in [1.807, 2.05) is 50.9 Å². The Morgan fingerprint density at radius 1 is 1.00 bits per heavy atom. The highest BCUT2D eigenvalue weighted by Gasteiger charge is 2.24. The quantitative estimate of drug-likeness (QED) is 0.521. The second-order valence-electron chi connectivity index (χ2n) is 7.88. The fourth-order valence-electron chi connectivity index (χ4n) is 3.99. The van der Waals surface area contributed by atoms with Crippen LogP contribution in [0.5, 0.6) is 5.75 Å². The summed E-state index contributed by atoms with van der Waals surface area (Å²) in [5.74, 6) is 0.881. The maximum Gasteiger partial charge on any atom is 0.257 e. The van der Waals surface area contributed by atoms with Crippen LogP contribution in [0.3, 0.4) is 0 Å². The van der Waals surface area contributed by atoms with E-state index in [0.29, 0.717) is 43.2 Å². The minimum absolute atomic E-state index is 0.0589. The van der Waals surface area contributed by atoms with Gasteiger partial charge in [-0.2, -0.15) is 0 Å². The summed E-state index contributed by atoms with van der Waals surface area (Å²) in [5, 5.41) is 0.792. The predicted octanol–water partition coefficient (Wildman–Crippen LogP) is 3.66. The van der Waals surface area contributed by atoms with Crippen LogP contribution in [0.1, 0.15) is 22.3 Å². The van der Waals surface area contributed by atoms with Gasteiger partial charge in [-0.1, -0.05) is 42.1 Å². The SMILES string of the molecule is COc1ccccc1C(=O)N1CCCN(C(=O)CSc2nccn2-c2ccccc2C)CC1. The number of hydrogen-bond acceptors (Lipinski definition) is 5. The van der Waals surface area contributed by atoms with Crippen LogP contribution in [0.25, 0.3) is 5.69 Å². The lowest BCUT2D eigenvalue weighted by molar-refractivity contribution is -0.128.